The van der Waals surface area contributed by atoms with Gasteiger partial charge in [-0.15, -0.1) is 0 Å². The van der Waals surface area contributed by atoms with Gasteiger partial charge in [-0.05, 0) is 56.0 Å². The van der Waals surface area contributed by atoms with E-state index in [4.69, 9.17) is 11.6 Å². The van der Waals surface area contributed by atoms with Crippen LogP contribution < -0.4 is 10.3 Å². The van der Waals surface area contributed by atoms with E-state index in [1.165, 1.54) is 36.0 Å². The lowest BCUT2D eigenvalue weighted by atomic mass is 9.80. The fraction of sp³-hybridized carbons (Fsp3) is 0.333. The van der Waals surface area contributed by atoms with Crippen LogP contribution in [0.2, 0.25) is 5.02 Å². The highest BCUT2D eigenvalue weighted by molar-refractivity contribution is 6.33. The highest BCUT2D eigenvalue weighted by Gasteiger charge is 2.34. The molecule has 1 N–H and O–H groups in total. The van der Waals surface area contributed by atoms with Crippen molar-refractivity contribution in [2.24, 2.45) is 5.10 Å². The number of hydrogen-bond acceptors (Lipinski definition) is 5. The third kappa shape index (κ3) is 4.24. The molecule has 2 aromatic carbocycles. The number of hydrazone groups is 1. The Labute approximate surface area is 174 Å². The fourth-order valence-electron chi connectivity index (χ4n) is 3.66. The molecule has 8 heteroatoms. The predicted molar refractivity (Wildman–Crippen MR) is 115 cm³/mol. The molecule has 0 saturated carbocycles. The number of fused-ring (bicyclic) bond motifs is 1. The molecule has 0 fully saturated rings. The molecule has 0 spiro atoms. The Morgan fingerprint density at radius 1 is 1.34 bits per heavy atom. The van der Waals surface area contributed by atoms with Gasteiger partial charge in [0.05, 0.1) is 16.2 Å². The first kappa shape index (κ1) is 20.8. The Kier molecular flexibility index (Phi) is 5.61. The van der Waals surface area contributed by atoms with Crippen LogP contribution in [0.3, 0.4) is 0 Å². The van der Waals surface area contributed by atoms with Crippen molar-refractivity contribution in [1.82, 2.24) is 5.43 Å². The number of amides is 1. The zero-order chi connectivity index (χ0) is 21.3. The lowest BCUT2D eigenvalue weighted by Crippen LogP contribution is -2.45. The number of carbonyl (C=O) groups is 1. The Morgan fingerprint density at radius 2 is 2.00 bits per heavy atom. The summed E-state index contributed by atoms with van der Waals surface area (Å²) >= 11 is 6.45. The van der Waals surface area contributed by atoms with E-state index in [-0.39, 0.29) is 16.8 Å². The minimum Gasteiger partial charge on any atom is -0.369 e. The molecular formula is C21H23ClN4O3. The molecule has 152 valence electrons. The first-order valence-electron chi connectivity index (χ1n) is 9.25. The number of non-ortho nitro benzene ring substituents is 1. The average Bonchev–Trinajstić information content (AvgIpc) is 2.66. The van der Waals surface area contributed by atoms with E-state index in [9.17, 15) is 14.9 Å². The van der Waals surface area contributed by atoms with Crippen molar-refractivity contribution < 1.29 is 9.72 Å². The van der Waals surface area contributed by atoms with E-state index in [2.05, 4.69) is 43.2 Å². The van der Waals surface area contributed by atoms with Crippen LogP contribution in [0.15, 0.2) is 41.5 Å². The minimum absolute atomic E-state index is 0.0457. The van der Waals surface area contributed by atoms with Crippen molar-refractivity contribution in [3.63, 3.8) is 0 Å². The van der Waals surface area contributed by atoms with Gasteiger partial charge in [-0.2, -0.15) is 5.10 Å². The van der Waals surface area contributed by atoms with Crippen LogP contribution in [-0.4, -0.2) is 29.6 Å². The van der Waals surface area contributed by atoms with E-state index >= 15 is 0 Å². The van der Waals surface area contributed by atoms with Crippen molar-refractivity contribution >= 4 is 35.1 Å². The van der Waals surface area contributed by atoms with Crippen molar-refractivity contribution in [2.45, 2.75) is 38.6 Å². The van der Waals surface area contributed by atoms with Gasteiger partial charge in [-0.1, -0.05) is 18.5 Å². The molecule has 1 aliphatic rings. The Hall–Kier alpha value is -2.93. The summed E-state index contributed by atoms with van der Waals surface area (Å²) in [5, 5.41) is 15.2. The quantitative estimate of drug-likeness (QED) is 0.445. The Morgan fingerprint density at radius 3 is 2.62 bits per heavy atom. The second-order valence-corrected chi connectivity index (χ2v) is 8.32. The lowest BCUT2D eigenvalue weighted by molar-refractivity contribution is -0.384. The molecule has 1 atom stereocenters. The SMILES string of the molecule is C[C@@H]1CC(C)(C)N(C)c2cc(Cl)c(/C=N\NC(=O)c3ccc([N+](=O)[O-])cc3)cc21. The first-order valence-corrected chi connectivity index (χ1v) is 9.63. The molecule has 3 rings (SSSR count). The summed E-state index contributed by atoms with van der Waals surface area (Å²) in [7, 11) is 2.07. The van der Waals surface area contributed by atoms with E-state index < -0.39 is 10.8 Å². The monoisotopic (exact) mass is 414 g/mol. The van der Waals surface area contributed by atoms with Crippen molar-refractivity contribution in [2.75, 3.05) is 11.9 Å². The number of rotatable bonds is 4. The molecule has 1 aliphatic heterocycles. The molecule has 7 nitrogen and oxygen atoms in total. The maximum Gasteiger partial charge on any atom is 0.271 e. The zero-order valence-electron chi connectivity index (χ0n) is 16.8. The van der Waals surface area contributed by atoms with Gasteiger partial charge in [0.25, 0.3) is 11.6 Å². The number of hydrogen-bond donors (Lipinski definition) is 1. The topological polar surface area (TPSA) is 87.8 Å². The number of anilines is 1. The Balaban J connectivity index is 1.77. The van der Waals surface area contributed by atoms with Crippen molar-refractivity contribution in [1.29, 1.82) is 0 Å². The molecule has 1 heterocycles. The number of nitrogens with zero attached hydrogens (tertiary/aromatic N) is 3. The minimum atomic E-state index is -0.516. The molecule has 0 bridgehead atoms. The summed E-state index contributed by atoms with van der Waals surface area (Å²) in [5.41, 5.74) is 5.69. The van der Waals surface area contributed by atoms with Crippen molar-refractivity contribution in [3.8, 4) is 0 Å². The van der Waals surface area contributed by atoms with Crippen LogP contribution in [-0.2, 0) is 0 Å². The van der Waals surface area contributed by atoms with Crippen LogP contribution in [0.1, 0.15) is 54.6 Å². The number of nitro groups is 1. The third-order valence-corrected chi connectivity index (χ3v) is 5.79. The molecule has 0 radical (unpaired) electrons. The third-order valence-electron chi connectivity index (χ3n) is 5.46. The van der Waals surface area contributed by atoms with E-state index in [0.717, 1.165) is 17.7 Å². The maximum atomic E-state index is 12.2. The highest BCUT2D eigenvalue weighted by Crippen LogP contribution is 2.44. The van der Waals surface area contributed by atoms with Gasteiger partial charge >= 0.3 is 0 Å². The lowest BCUT2D eigenvalue weighted by Gasteiger charge is -2.45. The first-order chi connectivity index (χ1) is 13.6. The molecule has 29 heavy (non-hydrogen) atoms. The smallest absolute Gasteiger partial charge is 0.271 e. The molecule has 1 amide bonds. The van der Waals surface area contributed by atoms with E-state index in [1.54, 1.807) is 0 Å². The Bertz CT molecular complexity index is 986. The van der Waals surface area contributed by atoms with E-state index in [1.807, 2.05) is 12.1 Å². The second kappa shape index (κ2) is 7.83. The van der Waals surface area contributed by atoms with Gasteiger partial charge in [0, 0.05) is 41.5 Å². The predicted octanol–water partition coefficient (Wildman–Crippen LogP) is 4.73. The zero-order valence-corrected chi connectivity index (χ0v) is 17.5. The summed E-state index contributed by atoms with van der Waals surface area (Å²) in [5.74, 6) is -0.0876. The number of carbonyl (C=O) groups excluding carboxylic acids is 1. The molecule has 0 aromatic heterocycles. The standard InChI is InChI=1S/C21H23ClN4O3/c1-13-11-21(2,3)25(4)19-10-18(22)15(9-17(13)19)12-23-24-20(27)14-5-7-16(8-6-14)26(28)29/h5-10,12-13H,11H2,1-4H3,(H,24,27)/b23-12-/t13-/m1/s1. The van der Waals surface area contributed by atoms with Gasteiger partial charge in [0.15, 0.2) is 0 Å². The number of nitro benzene ring substituents is 1. The fourth-order valence-corrected chi connectivity index (χ4v) is 3.87. The van der Waals surface area contributed by atoms with Crippen LogP contribution in [0.5, 0.6) is 0 Å². The van der Waals surface area contributed by atoms with Crippen LogP contribution in [0.25, 0.3) is 0 Å². The molecule has 2 aromatic rings. The summed E-state index contributed by atoms with van der Waals surface area (Å²) in [4.78, 5) is 24.6. The second-order valence-electron chi connectivity index (χ2n) is 7.91. The number of halogens is 1. The van der Waals surface area contributed by atoms with Crippen LogP contribution in [0.4, 0.5) is 11.4 Å². The average molecular weight is 415 g/mol. The normalized spacial score (nSPS) is 17.8. The highest BCUT2D eigenvalue weighted by atomic mass is 35.5. The summed E-state index contributed by atoms with van der Waals surface area (Å²) in [6, 6.07) is 9.27. The van der Waals surface area contributed by atoms with Crippen molar-refractivity contribution in [3.05, 3.63) is 68.2 Å². The summed E-state index contributed by atoms with van der Waals surface area (Å²) in [6.45, 7) is 6.62. The van der Waals surface area contributed by atoms with Gasteiger partial charge in [0.2, 0.25) is 0 Å². The molecular weight excluding hydrogens is 392 g/mol. The van der Waals surface area contributed by atoms with Gasteiger partial charge in [-0.25, -0.2) is 5.43 Å². The molecule has 0 saturated heterocycles. The maximum absolute atomic E-state index is 12.2. The summed E-state index contributed by atoms with van der Waals surface area (Å²) < 4.78 is 0. The van der Waals surface area contributed by atoms with Crippen LogP contribution >= 0.6 is 11.6 Å². The van der Waals surface area contributed by atoms with Gasteiger partial charge in [0.1, 0.15) is 0 Å². The molecule has 0 aliphatic carbocycles. The number of nitrogens with one attached hydrogen (secondary N) is 1. The number of benzene rings is 2. The van der Waals surface area contributed by atoms with Crippen LogP contribution in [0, 0.1) is 10.1 Å². The van der Waals surface area contributed by atoms with E-state index in [0.29, 0.717) is 10.9 Å². The summed E-state index contributed by atoms with van der Waals surface area (Å²) in [6.07, 6.45) is 2.53. The largest absolute Gasteiger partial charge is 0.369 e. The molecule has 0 unspecified atom stereocenters. The van der Waals surface area contributed by atoms with Gasteiger partial charge in [-0.3, -0.25) is 14.9 Å². The van der Waals surface area contributed by atoms with Gasteiger partial charge < -0.3 is 4.90 Å².